The average molecular weight is 397 g/mol. The fraction of sp³-hybridized carbons (Fsp3) is 0.962. The fourth-order valence-electron chi connectivity index (χ4n) is 3.78. The van der Waals surface area contributed by atoms with Gasteiger partial charge in [0.15, 0.2) is 0 Å². The Morgan fingerprint density at radius 2 is 0.929 bits per heavy atom. The van der Waals surface area contributed by atoms with E-state index in [2.05, 4.69) is 13.8 Å². The van der Waals surface area contributed by atoms with Gasteiger partial charge in [0.05, 0.1) is 12.5 Å². The Hall–Kier alpha value is -0.530. The maximum atomic E-state index is 12.0. The largest absolute Gasteiger partial charge is 0.465 e. The molecule has 0 amide bonds. The Morgan fingerprint density at radius 1 is 0.571 bits per heavy atom. The first-order valence-corrected chi connectivity index (χ1v) is 12.9. The van der Waals surface area contributed by atoms with Crippen LogP contribution in [-0.2, 0) is 9.53 Å². The molecule has 0 aromatic carbocycles. The van der Waals surface area contributed by atoms with Crippen LogP contribution in [0.15, 0.2) is 0 Å². The van der Waals surface area contributed by atoms with E-state index in [4.69, 9.17) is 4.74 Å². The highest BCUT2D eigenvalue weighted by molar-refractivity contribution is 5.71. The first-order chi connectivity index (χ1) is 13.7. The number of esters is 1. The highest BCUT2D eigenvalue weighted by Gasteiger charge is 2.13. The van der Waals surface area contributed by atoms with Crippen LogP contribution in [0.4, 0.5) is 0 Å². The van der Waals surface area contributed by atoms with Crippen molar-refractivity contribution in [1.82, 2.24) is 0 Å². The molecule has 28 heavy (non-hydrogen) atoms. The van der Waals surface area contributed by atoms with E-state index in [1.54, 1.807) is 0 Å². The Morgan fingerprint density at radius 3 is 1.36 bits per heavy atom. The second-order valence-corrected chi connectivity index (χ2v) is 8.87. The lowest BCUT2D eigenvalue weighted by Gasteiger charge is -2.11. The van der Waals surface area contributed by atoms with Gasteiger partial charge in [-0.05, 0) is 12.8 Å². The molecule has 0 bridgehead atoms. The number of rotatable bonds is 22. The van der Waals surface area contributed by atoms with Crippen LogP contribution < -0.4 is 0 Å². The molecule has 0 aliphatic rings. The molecule has 0 aromatic rings. The van der Waals surface area contributed by atoms with E-state index in [9.17, 15) is 4.79 Å². The molecule has 0 fully saturated rings. The van der Waals surface area contributed by atoms with Crippen LogP contribution in [0.25, 0.3) is 0 Å². The quantitative estimate of drug-likeness (QED) is 0.135. The molecule has 0 saturated carbocycles. The van der Waals surface area contributed by atoms with Crippen molar-refractivity contribution in [1.29, 1.82) is 0 Å². The van der Waals surface area contributed by atoms with Gasteiger partial charge in [-0.1, -0.05) is 136 Å². The lowest BCUT2D eigenvalue weighted by atomic mass is 10.0. The lowest BCUT2D eigenvalue weighted by Crippen LogP contribution is -2.15. The van der Waals surface area contributed by atoms with Crippen molar-refractivity contribution in [2.75, 3.05) is 6.61 Å². The van der Waals surface area contributed by atoms with Crippen LogP contribution in [0.5, 0.6) is 0 Å². The Balaban J connectivity index is 3.27. The number of ether oxygens (including phenoxy) is 1. The highest BCUT2D eigenvalue weighted by atomic mass is 16.5. The van der Waals surface area contributed by atoms with Gasteiger partial charge in [0.1, 0.15) is 0 Å². The number of hydrogen-bond donors (Lipinski definition) is 0. The molecule has 0 aliphatic carbocycles. The molecule has 0 aliphatic heterocycles. The molecule has 0 radical (unpaired) electrons. The van der Waals surface area contributed by atoms with Crippen molar-refractivity contribution in [3.63, 3.8) is 0 Å². The number of hydrogen-bond acceptors (Lipinski definition) is 2. The van der Waals surface area contributed by atoms with Crippen molar-refractivity contribution in [3.8, 4) is 0 Å². The first-order valence-electron chi connectivity index (χ1n) is 12.9. The maximum absolute atomic E-state index is 12.0. The predicted molar refractivity (Wildman–Crippen MR) is 124 cm³/mol. The van der Waals surface area contributed by atoms with Gasteiger partial charge in [0.25, 0.3) is 0 Å². The summed E-state index contributed by atoms with van der Waals surface area (Å²) in [7, 11) is 0. The summed E-state index contributed by atoms with van der Waals surface area (Å²) >= 11 is 0. The first kappa shape index (κ1) is 27.5. The van der Waals surface area contributed by atoms with Gasteiger partial charge in [-0.25, -0.2) is 0 Å². The van der Waals surface area contributed by atoms with Crippen LogP contribution in [0, 0.1) is 5.92 Å². The van der Waals surface area contributed by atoms with Crippen molar-refractivity contribution in [2.24, 2.45) is 5.92 Å². The summed E-state index contributed by atoms with van der Waals surface area (Å²) in [5.74, 6) is 0.0978. The van der Waals surface area contributed by atoms with E-state index in [0.717, 1.165) is 12.8 Å². The van der Waals surface area contributed by atoms with Gasteiger partial charge in [-0.2, -0.15) is 0 Å². The van der Waals surface area contributed by atoms with Crippen molar-refractivity contribution in [2.45, 2.75) is 149 Å². The number of unbranched alkanes of at least 4 members (excludes halogenated alkanes) is 17. The van der Waals surface area contributed by atoms with Gasteiger partial charge in [0.2, 0.25) is 0 Å². The fourth-order valence-corrected chi connectivity index (χ4v) is 3.78. The molecule has 168 valence electrons. The van der Waals surface area contributed by atoms with E-state index >= 15 is 0 Å². The van der Waals surface area contributed by atoms with Crippen LogP contribution >= 0.6 is 0 Å². The normalized spacial score (nSPS) is 12.2. The van der Waals surface area contributed by atoms with E-state index in [0.29, 0.717) is 6.61 Å². The zero-order chi connectivity index (χ0) is 20.7. The van der Waals surface area contributed by atoms with Crippen LogP contribution in [0.2, 0.25) is 0 Å². The minimum atomic E-state index is 0.0208. The molecule has 0 rings (SSSR count). The second-order valence-electron chi connectivity index (χ2n) is 8.87. The summed E-state index contributed by atoms with van der Waals surface area (Å²) in [5, 5.41) is 0. The molecular formula is C26H52O2. The zero-order valence-electron chi connectivity index (χ0n) is 19.7. The van der Waals surface area contributed by atoms with Gasteiger partial charge in [-0.3, -0.25) is 4.79 Å². The van der Waals surface area contributed by atoms with Crippen molar-refractivity contribution < 1.29 is 9.53 Å². The molecule has 0 saturated heterocycles. The van der Waals surface area contributed by atoms with Gasteiger partial charge in [0, 0.05) is 0 Å². The summed E-state index contributed by atoms with van der Waals surface area (Å²) in [4.78, 5) is 12.0. The summed E-state index contributed by atoms with van der Waals surface area (Å²) in [6.45, 7) is 7.17. The third kappa shape index (κ3) is 20.2. The lowest BCUT2D eigenvalue weighted by molar-refractivity contribution is -0.148. The Labute approximate surface area is 177 Å². The Kier molecular flexibility index (Phi) is 22.3. The number of carbonyl (C=O) groups excluding carboxylic acids is 1. The van der Waals surface area contributed by atoms with Crippen LogP contribution in [0.1, 0.15) is 149 Å². The van der Waals surface area contributed by atoms with Crippen LogP contribution in [-0.4, -0.2) is 12.6 Å². The maximum Gasteiger partial charge on any atom is 0.308 e. The van der Waals surface area contributed by atoms with Gasteiger partial charge in [-0.15, -0.1) is 0 Å². The number of carbonyl (C=O) groups is 1. The van der Waals surface area contributed by atoms with E-state index in [1.165, 1.54) is 116 Å². The Bertz CT molecular complexity index is 314. The SMILES string of the molecule is CCCCCCCCCCCCCCCOC(=O)C(C)CCCCCCCC. The van der Waals surface area contributed by atoms with Gasteiger partial charge < -0.3 is 4.74 Å². The molecule has 0 aromatic heterocycles. The van der Waals surface area contributed by atoms with Crippen molar-refractivity contribution >= 4 is 5.97 Å². The summed E-state index contributed by atoms with van der Waals surface area (Å²) in [5.41, 5.74) is 0. The minimum Gasteiger partial charge on any atom is -0.465 e. The van der Waals surface area contributed by atoms with E-state index in [-0.39, 0.29) is 11.9 Å². The molecule has 2 nitrogen and oxygen atoms in total. The molecule has 0 spiro atoms. The third-order valence-corrected chi connectivity index (χ3v) is 5.89. The second kappa shape index (κ2) is 22.8. The minimum absolute atomic E-state index is 0.0208. The molecule has 1 unspecified atom stereocenters. The van der Waals surface area contributed by atoms with Crippen molar-refractivity contribution in [3.05, 3.63) is 0 Å². The molecule has 2 heteroatoms. The van der Waals surface area contributed by atoms with Crippen LogP contribution in [0.3, 0.4) is 0 Å². The molecule has 0 heterocycles. The monoisotopic (exact) mass is 396 g/mol. The standard InChI is InChI=1S/C26H52O2/c1-4-6-8-10-12-13-14-15-16-17-18-20-22-24-28-26(27)25(3)23-21-19-11-9-7-5-2/h25H,4-24H2,1-3H3. The smallest absolute Gasteiger partial charge is 0.308 e. The van der Waals surface area contributed by atoms with E-state index < -0.39 is 0 Å². The molecule has 1 atom stereocenters. The zero-order valence-corrected chi connectivity index (χ0v) is 19.7. The predicted octanol–water partition coefficient (Wildman–Crippen LogP) is 9.01. The van der Waals surface area contributed by atoms with E-state index in [1.807, 2.05) is 6.92 Å². The summed E-state index contributed by atoms with van der Waals surface area (Å²) in [6.07, 6.45) is 26.3. The third-order valence-electron chi connectivity index (χ3n) is 5.89. The molecule has 0 N–H and O–H groups in total. The molecular weight excluding hydrogens is 344 g/mol. The highest BCUT2D eigenvalue weighted by Crippen LogP contribution is 2.15. The summed E-state index contributed by atoms with van der Waals surface area (Å²) in [6, 6.07) is 0. The topological polar surface area (TPSA) is 26.3 Å². The average Bonchev–Trinajstić information content (AvgIpc) is 2.70. The van der Waals surface area contributed by atoms with Gasteiger partial charge >= 0.3 is 5.97 Å². The summed E-state index contributed by atoms with van der Waals surface area (Å²) < 4.78 is 5.46.